The van der Waals surface area contributed by atoms with E-state index < -0.39 is 0 Å². The molecule has 0 spiro atoms. The van der Waals surface area contributed by atoms with Crippen molar-refractivity contribution in [1.82, 2.24) is 4.98 Å². The van der Waals surface area contributed by atoms with Crippen LogP contribution < -0.4 is 15.8 Å². The van der Waals surface area contributed by atoms with Gasteiger partial charge in [0.25, 0.3) is 0 Å². The maximum Gasteiger partial charge on any atom is 0.146 e. The summed E-state index contributed by atoms with van der Waals surface area (Å²) in [6, 6.07) is 9.43. The van der Waals surface area contributed by atoms with Gasteiger partial charge in [-0.3, -0.25) is 9.98 Å². The molecule has 19 heavy (non-hydrogen) atoms. The lowest BCUT2D eigenvalue weighted by atomic mass is 10.2. The third-order valence-electron chi connectivity index (χ3n) is 2.85. The Morgan fingerprint density at radius 3 is 2.95 bits per heavy atom. The number of fused-ring (bicyclic) bond motifs is 1. The summed E-state index contributed by atoms with van der Waals surface area (Å²) in [6.07, 6.45) is 3.52. The zero-order valence-corrected chi connectivity index (χ0v) is 10.3. The molecule has 0 aliphatic carbocycles. The monoisotopic (exact) mass is 254 g/mol. The number of amidine groups is 1. The molecule has 3 rings (SSSR count). The summed E-state index contributed by atoms with van der Waals surface area (Å²) in [4.78, 5) is 8.47. The van der Waals surface area contributed by atoms with Crippen molar-refractivity contribution in [2.75, 3.05) is 17.7 Å². The number of anilines is 2. The van der Waals surface area contributed by atoms with Gasteiger partial charge in [-0.2, -0.15) is 0 Å². The summed E-state index contributed by atoms with van der Waals surface area (Å²) in [6.45, 7) is 1.04. The van der Waals surface area contributed by atoms with Crippen molar-refractivity contribution >= 4 is 17.2 Å². The second-order valence-corrected chi connectivity index (χ2v) is 4.29. The van der Waals surface area contributed by atoms with E-state index in [-0.39, 0.29) is 0 Å². The highest BCUT2D eigenvalue weighted by atomic mass is 16.5. The van der Waals surface area contributed by atoms with E-state index in [1.54, 1.807) is 12.4 Å². The van der Waals surface area contributed by atoms with Crippen LogP contribution in [-0.4, -0.2) is 17.4 Å². The quantitative estimate of drug-likeness (QED) is 0.805. The minimum absolute atomic E-state index is 0.432. The predicted molar refractivity (Wildman–Crippen MR) is 75.3 cm³/mol. The molecular formula is C14H14N4O. The molecule has 0 fully saturated rings. The van der Waals surface area contributed by atoms with E-state index in [2.05, 4.69) is 15.3 Å². The van der Waals surface area contributed by atoms with Gasteiger partial charge in [0, 0.05) is 24.1 Å². The largest absolute Gasteiger partial charge is 0.483 e. The summed E-state index contributed by atoms with van der Waals surface area (Å²) < 4.78 is 5.62. The van der Waals surface area contributed by atoms with E-state index in [1.165, 1.54) is 0 Å². The van der Waals surface area contributed by atoms with Crippen molar-refractivity contribution in [2.24, 2.45) is 4.99 Å². The molecule has 0 unspecified atom stereocenters. The molecule has 2 aromatic rings. The molecule has 96 valence electrons. The number of benzene rings is 1. The van der Waals surface area contributed by atoms with Gasteiger partial charge in [0.05, 0.1) is 12.2 Å². The summed E-state index contributed by atoms with van der Waals surface area (Å²) in [7, 11) is 0. The van der Waals surface area contributed by atoms with Gasteiger partial charge in [0.1, 0.15) is 18.2 Å². The van der Waals surface area contributed by atoms with Crippen molar-refractivity contribution in [1.29, 1.82) is 0 Å². The van der Waals surface area contributed by atoms with Crippen molar-refractivity contribution in [3.8, 4) is 5.75 Å². The minimum atomic E-state index is 0.432. The first-order valence-corrected chi connectivity index (χ1v) is 6.03. The topological polar surface area (TPSA) is 72.5 Å². The Hall–Kier alpha value is -2.56. The number of ether oxygens (including phenoxy) is 1. The number of nitrogens with one attached hydrogen (secondary N) is 1. The minimum Gasteiger partial charge on any atom is -0.483 e. The van der Waals surface area contributed by atoms with Crippen LogP contribution in [0, 0.1) is 0 Å². The summed E-state index contributed by atoms with van der Waals surface area (Å²) in [5, 5.41) is 3.25. The van der Waals surface area contributed by atoms with Crippen LogP contribution >= 0.6 is 0 Å². The van der Waals surface area contributed by atoms with Crippen LogP contribution in [0.4, 0.5) is 11.4 Å². The van der Waals surface area contributed by atoms with Gasteiger partial charge in [0.15, 0.2) is 0 Å². The van der Waals surface area contributed by atoms with Crippen LogP contribution in [0.3, 0.4) is 0 Å². The average molecular weight is 254 g/mol. The Morgan fingerprint density at radius 1 is 1.26 bits per heavy atom. The molecule has 0 saturated carbocycles. The van der Waals surface area contributed by atoms with Crippen LogP contribution in [0.15, 0.2) is 47.7 Å². The molecular weight excluding hydrogens is 240 g/mol. The maximum atomic E-state index is 5.71. The van der Waals surface area contributed by atoms with E-state index in [1.807, 2.05) is 30.3 Å². The number of nitrogen functional groups attached to an aromatic ring is 1. The number of nitrogens with zero attached hydrogens (tertiary/aromatic N) is 2. The van der Waals surface area contributed by atoms with E-state index in [0.29, 0.717) is 18.8 Å². The van der Waals surface area contributed by atoms with E-state index in [0.717, 1.165) is 22.8 Å². The van der Waals surface area contributed by atoms with Gasteiger partial charge >= 0.3 is 0 Å². The lowest BCUT2D eigenvalue weighted by Crippen LogP contribution is -2.26. The Morgan fingerprint density at radius 2 is 2.11 bits per heavy atom. The molecule has 1 aromatic carbocycles. The van der Waals surface area contributed by atoms with Gasteiger partial charge in [-0.05, 0) is 29.8 Å². The van der Waals surface area contributed by atoms with Gasteiger partial charge in [-0.1, -0.05) is 0 Å². The van der Waals surface area contributed by atoms with E-state index in [4.69, 9.17) is 10.5 Å². The van der Waals surface area contributed by atoms with E-state index in [9.17, 15) is 0 Å². The Bertz CT molecular complexity index is 610. The van der Waals surface area contributed by atoms with Crippen molar-refractivity contribution < 1.29 is 4.74 Å². The van der Waals surface area contributed by atoms with Crippen molar-refractivity contribution in [2.45, 2.75) is 6.54 Å². The first-order chi connectivity index (χ1) is 9.31. The molecule has 1 aromatic heterocycles. The number of hydrogen-bond acceptors (Lipinski definition) is 4. The standard InChI is InChI=1S/C14H14N4O/c15-11-1-2-12-13(7-11)19-9-14(18-12)17-8-10-3-5-16-6-4-10/h1-7H,8-9,15H2,(H,17,18). The van der Waals surface area contributed by atoms with Gasteiger partial charge in [-0.15, -0.1) is 0 Å². The van der Waals surface area contributed by atoms with Crippen LogP contribution in [0.2, 0.25) is 0 Å². The molecule has 2 heterocycles. The molecule has 0 radical (unpaired) electrons. The van der Waals surface area contributed by atoms with Crippen LogP contribution in [0.1, 0.15) is 5.56 Å². The molecule has 0 bridgehead atoms. The maximum absolute atomic E-state index is 5.71. The zero-order valence-electron chi connectivity index (χ0n) is 10.3. The SMILES string of the molecule is Nc1ccc2c(c1)OCC(=NCc1ccncc1)N2. The van der Waals surface area contributed by atoms with Gasteiger partial charge in [0.2, 0.25) is 0 Å². The molecule has 0 atom stereocenters. The summed E-state index contributed by atoms with van der Waals surface area (Å²) in [5.74, 6) is 1.58. The average Bonchev–Trinajstić information content (AvgIpc) is 2.46. The van der Waals surface area contributed by atoms with Crippen molar-refractivity contribution in [3.05, 3.63) is 48.3 Å². The van der Waals surface area contributed by atoms with Crippen molar-refractivity contribution in [3.63, 3.8) is 0 Å². The number of pyridine rings is 1. The number of hydrogen-bond donors (Lipinski definition) is 2. The normalized spacial score (nSPS) is 15.5. The Labute approximate surface area is 111 Å². The second-order valence-electron chi connectivity index (χ2n) is 4.29. The molecule has 0 amide bonds. The first kappa shape index (κ1) is 11.5. The summed E-state index contributed by atoms with van der Waals surface area (Å²) in [5.41, 5.74) is 8.41. The second kappa shape index (κ2) is 4.97. The lowest BCUT2D eigenvalue weighted by molar-refractivity contribution is 0.372. The Kier molecular flexibility index (Phi) is 3.02. The van der Waals surface area contributed by atoms with Crippen LogP contribution in [0.25, 0.3) is 0 Å². The van der Waals surface area contributed by atoms with Gasteiger partial charge < -0.3 is 15.8 Å². The molecule has 1 aliphatic heterocycles. The molecule has 1 aliphatic rings. The molecule has 3 N–H and O–H groups in total. The number of rotatable bonds is 2. The number of nitrogens with two attached hydrogens (primary N) is 1. The number of aromatic nitrogens is 1. The fourth-order valence-corrected chi connectivity index (χ4v) is 1.86. The fourth-order valence-electron chi connectivity index (χ4n) is 1.86. The zero-order chi connectivity index (χ0) is 13.1. The molecule has 5 nitrogen and oxygen atoms in total. The predicted octanol–water partition coefficient (Wildman–Crippen LogP) is 2.07. The van der Waals surface area contributed by atoms with Gasteiger partial charge in [-0.25, -0.2) is 0 Å². The highest BCUT2D eigenvalue weighted by Crippen LogP contribution is 2.29. The van der Waals surface area contributed by atoms with E-state index >= 15 is 0 Å². The van der Waals surface area contributed by atoms with Crippen LogP contribution in [-0.2, 0) is 6.54 Å². The number of aliphatic imine (C=N–C) groups is 1. The fraction of sp³-hybridized carbons (Fsp3) is 0.143. The van der Waals surface area contributed by atoms with Crippen LogP contribution in [0.5, 0.6) is 5.75 Å². The Balaban J connectivity index is 1.73. The summed E-state index contributed by atoms with van der Waals surface area (Å²) >= 11 is 0. The molecule has 0 saturated heterocycles. The smallest absolute Gasteiger partial charge is 0.146 e. The molecule has 5 heteroatoms. The first-order valence-electron chi connectivity index (χ1n) is 6.03. The third-order valence-corrected chi connectivity index (χ3v) is 2.85. The highest BCUT2D eigenvalue weighted by molar-refractivity contribution is 5.99. The third kappa shape index (κ3) is 2.65. The lowest BCUT2D eigenvalue weighted by Gasteiger charge is -2.21. The highest BCUT2D eigenvalue weighted by Gasteiger charge is 2.14.